The summed E-state index contributed by atoms with van der Waals surface area (Å²) in [4.78, 5) is 11.1. The molecule has 0 radical (unpaired) electrons. The van der Waals surface area contributed by atoms with Crippen LogP contribution < -0.4 is 5.32 Å². The van der Waals surface area contributed by atoms with Crippen LogP contribution in [0.3, 0.4) is 0 Å². The molecule has 0 bridgehead atoms. The second kappa shape index (κ2) is 6.53. The fourth-order valence-electron chi connectivity index (χ4n) is 3.49. The molecule has 1 saturated heterocycles. The standard InChI is InChI=1S/C17H20F2N6/c1-23-8-7-21-16(23)14-10-20-6-9-24(14)11-15-22-12-4-2-3-5-13(12)25(15)17(18)19/h2-5,7-8,14,17,20H,6,9-11H2,1H3. The molecule has 0 amide bonds. The van der Waals surface area contributed by atoms with Crippen molar-refractivity contribution >= 4 is 11.0 Å². The van der Waals surface area contributed by atoms with Gasteiger partial charge in [0.1, 0.15) is 11.6 Å². The number of rotatable bonds is 4. The number of aromatic nitrogens is 4. The minimum Gasteiger partial charge on any atom is -0.337 e. The van der Waals surface area contributed by atoms with Crippen LogP contribution in [0.2, 0.25) is 0 Å². The lowest BCUT2D eigenvalue weighted by Crippen LogP contribution is -2.46. The van der Waals surface area contributed by atoms with Gasteiger partial charge in [-0.25, -0.2) is 9.97 Å². The fraction of sp³-hybridized carbons (Fsp3) is 0.412. The molecule has 1 fully saturated rings. The van der Waals surface area contributed by atoms with Gasteiger partial charge in [-0.1, -0.05) is 12.1 Å². The monoisotopic (exact) mass is 346 g/mol. The lowest BCUT2D eigenvalue weighted by atomic mass is 10.1. The van der Waals surface area contributed by atoms with Gasteiger partial charge in [0, 0.05) is 39.1 Å². The molecule has 2 aromatic heterocycles. The summed E-state index contributed by atoms with van der Waals surface area (Å²) >= 11 is 0. The number of imidazole rings is 2. The Bertz CT molecular complexity index is 871. The van der Waals surface area contributed by atoms with Crippen LogP contribution in [0.4, 0.5) is 8.78 Å². The average molecular weight is 346 g/mol. The number of hydrogen-bond acceptors (Lipinski definition) is 4. The number of nitrogens with zero attached hydrogens (tertiary/aromatic N) is 5. The molecule has 132 valence electrons. The Morgan fingerprint density at radius 3 is 2.92 bits per heavy atom. The highest BCUT2D eigenvalue weighted by Gasteiger charge is 2.29. The van der Waals surface area contributed by atoms with Crippen molar-refractivity contribution in [3.63, 3.8) is 0 Å². The van der Waals surface area contributed by atoms with Crippen molar-refractivity contribution in [3.8, 4) is 0 Å². The topological polar surface area (TPSA) is 50.9 Å². The molecule has 25 heavy (non-hydrogen) atoms. The number of aryl methyl sites for hydroxylation is 1. The quantitative estimate of drug-likeness (QED) is 0.788. The zero-order valence-electron chi connectivity index (χ0n) is 13.9. The second-order valence-corrected chi connectivity index (χ2v) is 6.25. The van der Waals surface area contributed by atoms with Gasteiger partial charge in [0.25, 0.3) is 0 Å². The lowest BCUT2D eigenvalue weighted by molar-refractivity contribution is 0.0641. The molecule has 1 aromatic carbocycles. The van der Waals surface area contributed by atoms with E-state index in [-0.39, 0.29) is 6.04 Å². The smallest absolute Gasteiger partial charge is 0.320 e. The normalized spacial score (nSPS) is 19.1. The van der Waals surface area contributed by atoms with Crippen LogP contribution in [-0.4, -0.2) is 43.6 Å². The third-order valence-corrected chi connectivity index (χ3v) is 4.72. The first kappa shape index (κ1) is 16.2. The number of halogens is 2. The van der Waals surface area contributed by atoms with E-state index in [2.05, 4.69) is 20.2 Å². The van der Waals surface area contributed by atoms with E-state index in [1.165, 1.54) is 0 Å². The first-order chi connectivity index (χ1) is 12.1. The Hall–Kier alpha value is -2.32. The van der Waals surface area contributed by atoms with Crippen LogP contribution in [-0.2, 0) is 13.6 Å². The van der Waals surface area contributed by atoms with E-state index >= 15 is 0 Å². The molecule has 1 N–H and O–H groups in total. The molecule has 1 unspecified atom stereocenters. The molecular formula is C17H20F2N6. The van der Waals surface area contributed by atoms with Crippen molar-refractivity contribution in [1.82, 2.24) is 29.3 Å². The summed E-state index contributed by atoms with van der Waals surface area (Å²) in [5.41, 5.74) is 1.07. The summed E-state index contributed by atoms with van der Waals surface area (Å²) in [6.07, 6.45) is 3.66. The summed E-state index contributed by atoms with van der Waals surface area (Å²) in [6.45, 7) is 0.0505. The average Bonchev–Trinajstić information content (AvgIpc) is 3.18. The summed E-state index contributed by atoms with van der Waals surface area (Å²) in [5, 5.41) is 3.36. The van der Waals surface area contributed by atoms with Gasteiger partial charge in [0.15, 0.2) is 0 Å². The van der Waals surface area contributed by atoms with Gasteiger partial charge in [0.05, 0.1) is 23.6 Å². The van der Waals surface area contributed by atoms with E-state index in [9.17, 15) is 8.78 Å². The second-order valence-electron chi connectivity index (χ2n) is 6.25. The van der Waals surface area contributed by atoms with Gasteiger partial charge < -0.3 is 9.88 Å². The highest BCUT2D eigenvalue weighted by molar-refractivity contribution is 5.75. The summed E-state index contributed by atoms with van der Waals surface area (Å²) in [7, 11) is 1.95. The number of fused-ring (bicyclic) bond motifs is 1. The largest absolute Gasteiger partial charge is 0.337 e. The van der Waals surface area contributed by atoms with Crippen molar-refractivity contribution in [2.24, 2.45) is 7.05 Å². The maximum Gasteiger partial charge on any atom is 0.320 e. The zero-order valence-corrected chi connectivity index (χ0v) is 13.9. The van der Waals surface area contributed by atoms with Gasteiger partial charge in [-0.3, -0.25) is 9.47 Å². The number of benzene rings is 1. The lowest BCUT2D eigenvalue weighted by Gasteiger charge is -2.35. The Morgan fingerprint density at radius 2 is 2.16 bits per heavy atom. The molecule has 4 rings (SSSR count). The molecule has 3 heterocycles. The summed E-state index contributed by atoms with van der Waals surface area (Å²) in [6, 6.07) is 7.06. The van der Waals surface area contributed by atoms with Crippen molar-refractivity contribution in [1.29, 1.82) is 0 Å². The minimum absolute atomic E-state index is 0.0275. The molecule has 1 aliphatic rings. The Labute approximate surface area is 144 Å². The zero-order chi connectivity index (χ0) is 17.4. The van der Waals surface area contributed by atoms with Crippen LogP contribution in [0.1, 0.15) is 24.2 Å². The molecule has 3 aromatic rings. The summed E-state index contributed by atoms with van der Waals surface area (Å²) < 4.78 is 30.3. The Kier molecular flexibility index (Phi) is 4.22. The van der Waals surface area contributed by atoms with Crippen LogP contribution in [0.15, 0.2) is 36.7 Å². The number of alkyl halides is 2. The van der Waals surface area contributed by atoms with Gasteiger partial charge >= 0.3 is 6.55 Å². The fourth-order valence-corrected chi connectivity index (χ4v) is 3.49. The number of piperazine rings is 1. The van der Waals surface area contributed by atoms with Crippen LogP contribution in [0, 0.1) is 0 Å². The SMILES string of the molecule is Cn1ccnc1C1CNCCN1Cc1nc2ccccc2n1C(F)F. The van der Waals surface area contributed by atoms with Gasteiger partial charge in [-0.15, -0.1) is 0 Å². The number of para-hydroxylation sites is 2. The number of nitrogens with one attached hydrogen (secondary N) is 1. The highest BCUT2D eigenvalue weighted by atomic mass is 19.3. The van der Waals surface area contributed by atoms with Gasteiger partial charge in [0.2, 0.25) is 0 Å². The predicted octanol–water partition coefficient (Wildman–Crippen LogP) is 2.31. The van der Waals surface area contributed by atoms with Gasteiger partial charge in [-0.05, 0) is 12.1 Å². The maximum absolute atomic E-state index is 13.7. The molecule has 1 atom stereocenters. The van der Waals surface area contributed by atoms with Crippen molar-refractivity contribution < 1.29 is 8.78 Å². The summed E-state index contributed by atoms with van der Waals surface area (Å²) in [5.74, 6) is 1.31. The van der Waals surface area contributed by atoms with Crippen LogP contribution in [0.25, 0.3) is 11.0 Å². The molecule has 0 saturated carbocycles. The van der Waals surface area contributed by atoms with Crippen molar-refractivity contribution in [2.75, 3.05) is 19.6 Å². The molecular weight excluding hydrogens is 326 g/mol. The molecule has 0 aliphatic carbocycles. The minimum atomic E-state index is -2.61. The predicted molar refractivity (Wildman–Crippen MR) is 90.2 cm³/mol. The Morgan fingerprint density at radius 1 is 1.32 bits per heavy atom. The van der Waals surface area contributed by atoms with E-state index in [1.54, 1.807) is 24.4 Å². The maximum atomic E-state index is 13.7. The van der Waals surface area contributed by atoms with Gasteiger partial charge in [-0.2, -0.15) is 8.78 Å². The van der Waals surface area contributed by atoms with E-state index in [0.717, 1.165) is 30.0 Å². The van der Waals surface area contributed by atoms with Crippen LogP contribution in [0.5, 0.6) is 0 Å². The molecule has 8 heteroatoms. The first-order valence-electron chi connectivity index (χ1n) is 8.31. The van der Waals surface area contributed by atoms with E-state index in [0.29, 0.717) is 23.4 Å². The number of hydrogen-bond donors (Lipinski definition) is 1. The molecule has 6 nitrogen and oxygen atoms in total. The van der Waals surface area contributed by atoms with E-state index in [1.807, 2.05) is 23.9 Å². The highest BCUT2D eigenvalue weighted by Crippen LogP contribution is 2.27. The Balaban J connectivity index is 1.69. The first-order valence-corrected chi connectivity index (χ1v) is 8.31. The van der Waals surface area contributed by atoms with E-state index in [4.69, 9.17) is 0 Å². The van der Waals surface area contributed by atoms with Crippen molar-refractivity contribution in [2.45, 2.75) is 19.1 Å². The third kappa shape index (κ3) is 2.91. The van der Waals surface area contributed by atoms with E-state index < -0.39 is 6.55 Å². The van der Waals surface area contributed by atoms with Crippen LogP contribution >= 0.6 is 0 Å². The van der Waals surface area contributed by atoms with Crippen molar-refractivity contribution in [3.05, 3.63) is 48.3 Å². The molecule has 1 aliphatic heterocycles. The molecule has 0 spiro atoms. The third-order valence-electron chi connectivity index (χ3n) is 4.72.